The summed E-state index contributed by atoms with van der Waals surface area (Å²) < 4.78 is 11.4. The van der Waals surface area contributed by atoms with Gasteiger partial charge in [-0.15, -0.1) is 11.3 Å². The Morgan fingerprint density at radius 2 is 2.09 bits per heavy atom. The van der Waals surface area contributed by atoms with Crippen molar-refractivity contribution in [3.63, 3.8) is 0 Å². The third-order valence-electron chi connectivity index (χ3n) is 6.04. The molecule has 0 saturated carbocycles. The molecule has 1 unspecified atom stereocenters. The van der Waals surface area contributed by atoms with Crippen LogP contribution in [0.4, 0.5) is 4.79 Å². The molecule has 1 atom stereocenters. The Bertz CT molecular complexity index is 989. The Morgan fingerprint density at radius 3 is 2.75 bits per heavy atom. The Labute approximate surface area is 192 Å². The van der Waals surface area contributed by atoms with Gasteiger partial charge in [-0.25, -0.2) is 9.78 Å². The minimum absolute atomic E-state index is 0.223. The zero-order valence-electron chi connectivity index (χ0n) is 18.0. The van der Waals surface area contributed by atoms with E-state index in [0.717, 1.165) is 36.1 Å². The highest BCUT2D eigenvalue weighted by atomic mass is 32.1. The number of thiazole rings is 1. The summed E-state index contributed by atoms with van der Waals surface area (Å²) in [6.07, 6.45) is 8.94. The molecule has 1 amide bonds. The van der Waals surface area contributed by atoms with Crippen LogP contribution in [-0.4, -0.2) is 41.3 Å². The van der Waals surface area contributed by atoms with Crippen LogP contribution in [0, 0.1) is 17.2 Å². The van der Waals surface area contributed by atoms with Gasteiger partial charge in [0, 0.05) is 31.5 Å². The summed E-state index contributed by atoms with van der Waals surface area (Å²) in [7, 11) is 0. The van der Waals surface area contributed by atoms with E-state index in [1.165, 1.54) is 11.3 Å². The van der Waals surface area contributed by atoms with Gasteiger partial charge in [-0.2, -0.15) is 5.26 Å². The number of ether oxygens (including phenoxy) is 2. The molecule has 1 saturated heterocycles. The van der Waals surface area contributed by atoms with Crippen LogP contribution in [-0.2, 0) is 16.1 Å². The van der Waals surface area contributed by atoms with E-state index in [-0.39, 0.29) is 12.7 Å². The predicted molar refractivity (Wildman–Crippen MR) is 124 cm³/mol. The summed E-state index contributed by atoms with van der Waals surface area (Å²) in [5, 5.41) is 11.6. The topological polar surface area (TPSA) is 75.5 Å². The molecule has 6 nitrogen and oxygen atoms in total. The van der Waals surface area contributed by atoms with Crippen LogP contribution in [0.5, 0.6) is 0 Å². The molecule has 2 aliphatic rings. The Kier molecular flexibility index (Phi) is 7.35. The summed E-state index contributed by atoms with van der Waals surface area (Å²) in [5.74, 6) is 0.483. The predicted octanol–water partition coefficient (Wildman–Crippen LogP) is 5.20. The monoisotopic (exact) mass is 449 g/mol. The van der Waals surface area contributed by atoms with E-state index in [1.807, 2.05) is 35.7 Å². The van der Waals surface area contributed by atoms with Crippen molar-refractivity contribution in [2.45, 2.75) is 37.9 Å². The number of hydrogen-bond acceptors (Lipinski definition) is 6. The molecule has 2 aromatic rings. The Hall–Kier alpha value is -2.95. The van der Waals surface area contributed by atoms with E-state index in [0.29, 0.717) is 32.0 Å². The molecule has 1 aromatic carbocycles. The molecule has 4 rings (SSSR count). The van der Waals surface area contributed by atoms with Crippen molar-refractivity contribution in [1.82, 2.24) is 9.88 Å². The lowest BCUT2D eigenvalue weighted by Gasteiger charge is -2.32. The molecule has 1 aromatic heterocycles. The molecule has 7 heteroatoms. The fourth-order valence-electron chi connectivity index (χ4n) is 4.04. The van der Waals surface area contributed by atoms with Crippen LogP contribution in [0.15, 0.2) is 59.5 Å². The molecule has 0 radical (unpaired) electrons. The number of allylic oxidation sites excluding steroid dienone is 2. The first kappa shape index (κ1) is 22.3. The number of amides is 1. The first-order valence-corrected chi connectivity index (χ1v) is 11.9. The van der Waals surface area contributed by atoms with Gasteiger partial charge in [0.1, 0.15) is 12.7 Å². The van der Waals surface area contributed by atoms with E-state index >= 15 is 0 Å². The minimum Gasteiger partial charge on any atom is -0.443 e. The second kappa shape index (κ2) is 10.6. The Morgan fingerprint density at radius 1 is 1.28 bits per heavy atom. The number of nitrogens with zero attached hydrogens (tertiary/aromatic N) is 3. The maximum atomic E-state index is 12.2. The third-order valence-corrected chi connectivity index (χ3v) is 6.67. The van der Waals surface area contributed by atoms with Crippen molar-refractivity contribution < 1.29 is 14.3 Å². The van der Waals surface area contributed by atoms with E-state index < -0.39 is 5.60 Å². The number of carbonyl (C=O) groups excluding carboxylic acids is 1. The summed E-state index contributed by atoms with van der Waals surface area (Å²) in [6.45, 7) is 2.13. The van der Waals surface area contributed by atoms with Crippen molar-refractivity contribution in [1.29, 1.82) is 5.26 Å². The molecule has 1 aliphatic carbocycles. The molecule has 32 heavy (non-hydrogen) atoms. The summed E-state index contributed by atoms with van der Waals surface area (Å²) >= 11 is 1.49. The van der Waals surface area contributed by atoms with Crippen LogP contribution in [0.1, 0.15) is 36.9 Å². The molecule has 1 fully saturated rings. The maximum absolute atomic E-state index is 12.2. The fourth-order valence-corrected chi connectivity index (χ4v) is 4.58. The standard InChI is InChI=1S/C25H27N3O3S/c26-18-25(11-6-22(7-12-25)21-4-2-1-3-5-21)31-15-10-20-8-13-28(14-9-20)24(29)30-16-23-17-32-19-27-23/h1-7,11,17,19-20H,8-10,12-16H2. The number of rotatable bonds is 7. The highest BCUT2D eigenvalue weighted by Gasteiger charge is 2.30. The van der Waals surface area contributed by atoms with Gasteiger partial charge in [-0.1, -0.05) is 42.5 Å². The lowest BCUT2D eigenvalue weighted by molar-refractivity contribution is 0.0207. The first-order chi connectivity index (χ1) is 15.7. The highest BCUT2D eigenvalue weighted by Crippen LogP contribution is 2.30. The van der Waals surface area contributed by atoms with E-state index in [4.69, 9.17) is 9.47 Å². The van der Waals surface area contributed by atoms with Gasteiger partial charge >= 0.3 is 6.09 Å². The number of hydrogen-bond donors (Lipinski definition) is 0. The normalized spacial score (nSPS) is 21.1. The van der Waals surface area contributed by atoms with Crippen LogP contribution in [0.3, 0.4) is 0 Å². The lowest BCUT2D eigenvalue weighted by atomic mass is 9.90. The number of benzene rings is 1. The first-order valence-electron chi connectivity index (χ1n) is 11.0. The molecule has 166 valence electrons. The molecule has 0 bridgehead atoms. The van der Waals surface area contributed by atoms with Crippen LogP contribution in [0.25, 0.3) is 5.57 Å². The van der Waals surface area contributed by atoms with Gasteiger partial charge in [0.2, 0.25) is 0 Å². The van der Waals surface area contributed by atoms with Crippen molar-refractivity contribution in [3.8, 4) is 6.07 Å². The van der Waals surface area contributed by atoms with Crippen molar-refractivity contribution >= 4 is 23.0 Å². The van der Waals surface area contributed by atoms with Crippen molar-refractivity contribution in [2.75, 3.05) is 19.7 Å². The summed E-state index contributed by atoms with van der Waals surface area (Å²) in [5.41, 5.74) is 3.89. The highest BCUT2D eigenvalue weighted by molar-refractivity contribution is 7.07. The van der Waals surface area contributed by atoms with Crippen molar-refractivity contribution in [3.05, 3.63) is 70.7 Å². The largest absolute Gasteiger partial charge is 0.443 e. The molecular weight excluding hydrogens is 422 g/mol. The minimum atomic E-state index is -0.890. The summed E-state index contributed by atoms with van der Waals surface area (Å²) in [4.78, 5) is 18.1. The number of likely N-dealkylation sites (tertiary alicyclic amines) is 1. The smallest absolute Gasteiger partial charge is 0.410 e. The maximum Gasteiger partial charge on any atom is 0.410 e. The molecule has 0 N–H and O–H groups in total. The van der Waals surface area contributed by atoms with E-state index in [9.17, 15) is 10.1 Å². The third kappa shape index (κ3) is 5.64. The Balaban J connectivity index is 1.18. The van der Waals surface area contributed by atoms with Gasteiger partial charge in [-0.05, 0) is 42.4 Å². The number of piperidine rings is 1. The second-order valence-corrected chi connectivity index (χ2v) is 8.88. The number of aromatic nitrogens is 1. The SMILES string of the molecule is N#CC1(OCCC2CCN(C(=O)OCc3cscn3)CC2)C=CC(c2ccccc2)=CC1. The fraction of sp³-hybridized carbons (Fsp3) is 0.400. The van der Waals surface area contributed by atoms with Gasteiger partial charge in [0.25, 0.3) is 0 Å². The lowest BCUT2D eigenvalue weighted by Crippen LogP contribution is -2.39. The molecule has 0 spiro atoms. The van der Waals surface area contributed by atoms with Gasteiger partial charge in [0.05, 0.1) is 11.2 Å². The quantitative estimate of drug-likeness (QED) is 0.580. The van der Waals surface area contributed by atoms with E-state index in [1.54, 1.807) is 10.4 Å². The van der Waals surface area contributed by atoms with Gasteiger partial charge < -0.3 is 14.4 Å². The van der Waals surface area contributed by atoms with Gasteiger partial charge in [0.15, 0.2) is 5.60 Å². The average Bonchev–Trinajstić information content (AvgIpc) is 3.38. The van der Waals surface area contributed by atoms with Crippen LogP contribution < -0.4 is 0 Å². The zero-order chi connectivity index (χ0) is 22.2. The number of nitriles is 1. The number of carbonyl (C=O) groups is 1. The molecule has 2 heterocycles. The van der Waals surface area contributed by atoms with E-state index in [2.05, 4.69) is 29.3 Å². The molecular formula is C25H27N3O3S. The van der Waals surface area contributed by atoms with Crippen LogP contribution >= 0.6 is 11.3 Å². The van der Waals surface area contributed by atoms with Crippen molar-refractivity contribution in [2.24, 2.45) is 5.92 Å². The van der Waals surface area contributed by atoms with Crippen LogP contribution in [0.2, 0.25) is 0 Å². The summed E-state index contributed by atoms with van der Waals surface area (Å²) in [6, 6.07) is 12.5. The zero-order valence-corrected chi connectivity index (χ0v) is 18.8. The average molecular weight is 450 g/mol. The molecule has 1 aliphatic heterocycles. The second-order valence-electron chi connectivity index (χ2n) is 8.17. The van der Waals surface area contributed by atoms with Gasteiger partial charge in [-0.3, -0.25) is 0 Å².